The number of pyridine rings is 1. The summed E-state index contributed by atoms with van der Waals surface area (Å²) in [6.07, 6.45) is 4.32. The monoisotopic (exact) mass is 436 g/mol. The first kappa shape index (κ1) is 22.1. The molecule has 2 aromatic rings. The highest BCUT2D eigenvalue weighted by atomic mass is 16.2. The summed E-state index contributed by atoms with van der Waals surface area (Å²) in [4.78, 5) is 39.4. The number of anilines is 1. The van der Waals surface area contributed by atoms with Crippen molar-refractivity contribution in [2.24, 2.45) is 5.92 Å². The molecule has 1 aromatic heterocycles. The summed E-state index contributed by atoms with van der Waals surface area (Å²) in [5, 5.41) is 5.72. The number of carbonyl (C=O) groups excluding carboxylic acids is 2. The molecule has 1 saturated heterocycles. The highest BCUT2D eigenvalue weighted by Gasteiger charge is 2.36. The van der Waals surface area contributed by atoms with E-state index in [2.05, 4.69) is 17.6 Å². The van der Waals surface area contributed by atoms with E-state index < -0.39 is 6.04 Å². The van der Waals surface area contributed by atoms with Crippen LogP contribution in [-0.2, 0) is 17.8 Å². The number of urea groups is 1. The van der Waals surface area contributed by atoms with Crippen LogP contribution in [0.2, 0.25) is 0 Å². The number of hydrogen-bond donors (Lipinski definition) is 2. The molecule has 1 aromatic carbocycles. The zero-order valence-corrected chi connectivity index (χ0v) is 18.8. The Balaban J connectivity index is 1.33. The fourth-order valence-corrected chi connectivity index (χ4v) is 4.79. The van der Waals surface area contributed by atoms with E-state index in [9.17, 15) is 14.4 Å². The van der Waals surface area contributed by atoms with Crippen LogP contribution >= 0.6 is 0 Å². The molecule has 0 aliphatic carbocycles. The van der Waals surface area contributed by atoms with E-state index in [1.807, 2.05) is 34.9 Å². The van der Waals surface area contributed by atoms with Crippen LogP contribution in [0.3, 0.4) is 0 Å². The smallest absolute Gasteiger partial charge is 0.318 e. The molecule has 3 amide bonds. The van der Waals surface area contributed by atoms with Crippen LogP contribution in [0.15, 0.2) is 47.3 Å². The Morgan fingerprint density at radius 3 is 2.62 bits per heavy atom. The van der Waals surface area contributed by atoms with Gasteiger partial charge in [-0.05, 0) is 55.9 Å². The summed E-state index contributed by atoms with van der Waals surface area (Å²) in [5.41, 5.74) is 3.01. The average molecular weight is 437 g/mol. The van der Waals surface area contributed by atoms with E-state index in [-0.39, 0.29) is 29.3 Å². The summed E-state index contributed by atoms with van der Waals surface area (Å²) in [5.74, 6) is 0.161. The minimum Gasteiger partial charge on any atom is -0.326 e. The molecule has 2 aliphatic rings. The van der Waals surface area contributed by atoms with Gasteiger partial charge in [0.05, 0.1) is 0 Å². The number of nitrogens with one attached hydrogen (secondary N) is 2. The van der Waals surface area contributed by atoms with Crippen molar-refractivity contribution in [1.29, 1.82) is 0 Å². The number of rotatable bonds is 6. The van der Waals surface area contributed by atoms with E-state index in [0.717, 1.165) is 37.1 Å². The van der Waals surface area contributed by atoms with Crippen molar-refractivity contribution in [3.05, 3.63) is 64.1 Å². The van der Waals surface area contributed by atoms with Gasteiger partial charge in [-0.1, -0.05) is 31.5 Å². The zero-order chi connectivity index (χ0) is 22.7. The Hall–Kier alpha value is -3.09. The molecule has 170 valence electrons. The number of aryl methyl sites for hydroxylation is 1. The lowest BCUT2D eigenvalue weighted by molar-refractivity contribution is -0.117. The second-order valence-corrected chi connectivity index (χ2v) is 9.06. The predicted molar refractivity (Wildman–Crippen MR) is 125 cm³/mol. The molecule has 4 rings (SSSR count). The van der Waals surface area contributed by atoms with Gasteiger partial charge >= 0.3 is 6.03 Å². The number of likely N-dealkylation sites (tertiary alicyclic amines) is 1. The highest BCUT2D eigenvalue weighted by molar-refractivity contribution is 5.96. The molecular weight excluding hydrogens is 404 g/mol. The van der Waals surface area contributed by atoms with E-state index in [1.54, 1.807) is 24.0 Å². The molecule has 0 saturated carbocycles. The number of piperidine rings is 1. The molecule has 3 heterocycles. The van der Waals surface area contributed by atoms with Gasteiger partial charge in [-0.15, -0.1) is 0 Å². The zero-order valence-electron chi connectivity index (χ0n) is 18.8. The molecule has 0 unspecified atom stereocenters. The average Bonchev–Trinajstić information content (AvgIpc) is 2.79. The van der Waals surface area contributed by atoms with Gasteiger partial charge in [0.15, 0.2) is 0 Å². The molecule has 7 nitrogen and oxygen atoms in total. The number of hydrogen-bond acceptors (Lipinski definition) is 3. The van der Waals surface area contributed by atoms with Crippen LogP contribution in [0.1, 0.15) is 50.3 Å². The number of amides is 3. The molecular formula is C25H32N4O3. The summed E-state index contributed by atoms with van der Waals surface area (Å²) in [6.45, 7) is 5.65. The SMILES string of the molecule is CCCCc1ccc(NC(=O)[C@H](C)NC(=O)N2C[C@@H]3C[C@H](C2)c2cccc(=O)n2C3)cc1. The topological polar surface area (TPSA) is 83.4 Å². The maximum Gasteiger partial charge on any atom is 0.318 e. The fraction of sp³-hybridized carbons (Fsp3) is 0.480. The largest absolute Gasteiger partial charge is 0.326 e. The van der Waals surface area contributed by atoms with Gasteiger partial charge in [0.25, 0.3) is 5.56 Å². The normalized spacial score (nSPS) is 20.2. The standard InChI is InChI=1S/C25H32N4O3/c1-3-4-6-18-9-11-21(12-10-18)27-24(31)17(2)26-25(32)28-14-19-13-20(16-28)22-7-5-8-23(30)29(22)15-19/h5,7-12,17,19-20H,3-4,6,13-16H2,1-2H3,(H,26,32)(H,27,31)/t17-,19-,20+/m0/s1. The maximum absolute atomic E-state index is 12.9. The number of unbranched alkanes of at least 4 members (excludes halogenated alkanes) is 1. The molecule has 0 spiro atoms. The molecule has 0 radical (unpaired) electrons. The van der Waals surface area contributed by atoms with Gasteiger partial charge in [-0.2, -0.15) is 0 Å². The first-order valence-electron chi connectivity index (χ1n) is 11.6. The highest BCUT2D eigenvalue weighted by Crippen LogP contribution is 2.34. The Morgan fingerprint density at radius 1 is 1.09 bits per heavy atom. The van der Waals surface area contributed by atoms with Gasteiger partial charge in [0.2, 0.25) is 5.91 Å². The van der Waals surface area contributed by atoms with E-state index in [4.69, 9.17) is 0 Å². The number of carbonyl (C=O) groups is 2. The second kappa shape index (κ2) is 9.59. The van der Waals surface area contributed by atoms with Crippen molar-refractivity contribution in [3.63, 3.8) is 0 Å². The van der Waals surface area contributed by atoms with Crippen molar-refractivity contribution < 1.29 is 9.59 Å². The fourth-order valence-electron chi connectivity index (χ4n) is 4.79. The molecule has 1 fully saturated rings. The minimum absolute atomic E-state index is 0.0267. The third kappa shape index (κ3) is 4.87. The van der Waals surface area contributed by atoms with Gasteiger partial charge in [0, 0.05) is 43.0 Å². The molecule has 7 heteroatoms. The molecule has 3 atom stereocenters. The van der Waals surface area contributed by atoms with Gasteiger partial charge < -0.3 is 20.1 Å². The lowest BCUT2D eigenvalue weighted by Gasteiger charge is -2.42. The Bertz CT molecular complexity index is 1030. The first-order chi connectivity index (χ1) is 15.4. The summed E-state index contributed by atoms with van der Waals surface area (Å²) in [6, 6.07) is 12.3. The Morgan fingerprint density at radius 2 is 1.88 bits per heavy atom. The maximum atomic E-state index is 12.9. The van der Waals surface area contributed by atoms with Gasteiger partial charge in [-0.3, -0.25) is 9.59 Å². The van der Waals surface area contributed by atoms with Crippen molar-refractivity contribution in [2.45, 2.75) is 58.0 Å². The quantitative estimate of drug-likeness (QED) is 0.729. The lowest BCUT2D eigenvalue weighted by Crippen LogP contribution is -2.54. The van der Waals surface area contributed by atoms with Gasteiger partial charge in [-0.25, -0.2) is 4.79 Å². The predicted octanol–water partition coefficient (Wildman–Crippen LogP) is 3.35. The van der Waals surface area contributed by atoms with E-state index in [0.29, 0.717) is 19.6 Å². The number of aromatic nitrogens is 1. The molecule has 2 bridgehead atoms. The summed E-state index contributed by atoms with van der Waals surface area (Å²) >= 11 is 0. The molecule has 2 aliphatic heterocycles. The summed E-state index contributed by atoms with van der Waals surface area (Å²) in [7, 11) is 0. The third-order valence-corrected chi connectivity index (χ3v) is 6.54. The van der Waals surface area contributed by atoms with Crippen molar-refractivity contribution >= 4 is 17.6 Å². The van der Waals surface area contributed by atoms with Crippen LogP contribution in [0.4, 0.5) is 10.5 Å². The summed E-state index contributed by atoms with van der Waals surface area (Å²) < 4.78 is 1.84. The van der Waals surface area contributed by atoms with Crippen LogP contribution in [-0.4, -0.2) is 40.5 Å². The van der Waals surface area contributed by atoms with Crippen LogP contribution in [0.25, 0.3) is 0 Å². The van der Waals surface area contributed by atoms with E-state index >= 15 is 0 Å². The van der Waals surface area contributed by atoms with Crippen LogP contribution in [0.5, 0.6) is 0 Å². The third-order valence-electron chi connectivity index (χ3n) is 6.54. The molecule has 2 N–H and O–H groups in total. The number of nitrogens with zero attached hydrogens (tertiary/aromatic N) is 2. The first-order valence-corrected chi connectivity index (χ1v) is 11.6. The van der Waals surface area contributed by atoms with Crippen LogP contribution in [0, 0.1) is 5.92 Å². The van der Waals surface area contributed by atoms with E-state index in [1.165, 1.54) is 5.56 Å². The number of benzene rings is 1. The second-order valence-electron chi connectivity index (χ2n) is 9.06. The van der Waals surface area contributed by atoms with Crippen molar-refractivity contribution in [1.82, 2.24) is 14.8 Å². The van der Waals surface area contributed by atoms with Crippen LogP contribution < -0.4 is 16.2 Å². The minimum atomic E-state index is -0.654. The van der Waals surface area contributed by atoms with Gasteiger partial charge in [0.1, 0.15) is 6.04 Å². The van der Waals surface area contributed by atoms with Crippen molar-refractivity contribution in [2.75, 3.05) is 18.4 Å². The molecule has 32 heavy (non-hydrogen) atoms. The van der Waals surface area contributed by atoms with Crippen molar-refractivity contribution in [3.8, 4) is 0 Å². The Labute approximate surface area is 188 Å². The number of fused-ring (bicyclic) bond motifs is 4. The Kier molecular flexibility index (Phi) is 6.63. The lowest BCUT2D eigenvalue weighted by atomic mass is 9.83.